The van der Waals surface area contributed by atoms with E-state index < -0.39 is 0 Å². The van der Waals surface area contributed by atoms with Crippen LogP contribution in [0.2, 0.25) is 0 Å². The maximum Gasteiger partial charge on any atom is 0.0681 e. The quantitative estimate of drug-likeness (QED) is 0.780. The maximum absolute atomic E-state index is 9.01. The van der Waals surface area contributed by atoms with E-state index in [9.17, 15) is 0 Å². The summed E-state index contributed by atoms with van der Waals surface area (Å²) in [7, 11) is 0. The Hall–Kier alpha value is -0.900. The molecule has 1 aliphatic heterocycles. The van der Waals surface area contributed by atoms with Crippen molar-refractivity contribution in [1.29, 1.82) is 0 Å². The van der Waals surface area contributed by atoms with Crippen molar-refractivity contribution in [2.24, 2.45) is 0 Å². The van der Waals surface area contributed by atoms with Gasteiger partial charge in [0.05, 0.1) is 6.61 Å². The molecular weight excluding hydrogens is 212 g/mol. The molecule has 94 valence electrons. The summed E-state index contributed by atoms with van der Waals surface area (Å²) in [6.45, 7) is 6.78. The van der Waals surface area contributed by atoms with E-state index in [1.54, 1.807) is 0 Å². The van der Waals surface area contributed by atoms with Crippen LogP contribution in [-0.2, 0) is 13.2 Å². The van der Waals surface area contributed by atoms with Crippen LogP contribution in [0.3, 0.4) is 0 Å². The predicted octanol–water partition coefficient (Wildman–Crippen LogP) is 1.36. The zero-order valence-electron chi connectivity index (χ0n) is 10.5. The molecule has 1 aromatic carbocycles. The van der Waals surface area contributed by atoms with E-state index in [0.717, 1.165) is 31.7 Å². The van der Waals surface area contributed by atoms with Gasteiger partial charge in [-0.15, -0.1) is 0 Å². The fraction of sp³-hybridized carbons (Fsp3) is 0.571. The second-order valence-corrected chi connectivity index (χ2v) is 4.76. The van der Waals surface area contributed by atoms with E-state index in [4.69, 9.17) is 5.11 Å². The fourth-order valence-electron chi connectivity index (χ4n) is 2.19. The van der Waals surface area contributed by atoms with Gasteiger partial charge in [-0.3, -0.25) is 4.90 Å². The molecule has 0 spiro atoms. The zero-order chi connectivity index (χ0) is 12.1. The van der Waals surface area contributed by atoms with Gasteiger partial charge in [0, 0.05) is 25.7 Å². The first-order valence-electron chi connectivity index (χ1n) is 6.47. The molecule has 0 aliphatic carbocycles. The van der Waals surface area contributed by atoms with Crippen LogP contribution in [0.5, 0.6) is 0 Å². The Labute approximate surface area is 103 Å². The third-order valence-corrected chi connectivity index (χ3v) is 3.38. The Balaban J connectivity index is 1.95. The van der Waals surface area contributed by atoms with Gasteiger partial charge in [-0.1, -0.05) is 31.2 Å². The lowest BCUT2D eigenvalue weighted by Gasteiger charge is -2.38. The zero-order valence-corrected chi connectivity index (χ0v) is 10.5. The van der Waals surface area contributed by atoms with Crippen LogP contribution >= 0.6 is 0 Å². The van der Waals surface area contributed by atoms with Gasteiger partial charge in [-0.25, -0.2) is 0 Å². The highest BCUT2D eigenvalue weighted by Crippen LogP contribution is 2.13. The molecule has 1 fully saturated rings. The number of benzene rings is 1. The molecule has 1 heterocycles. The first-order valence-corrected chi connectivity index (χ1v) is 6.47. The highest BCUT2D eigenvalue weighted by atomic mass is 16.3. The molecule has 0 atom stereocenters. The average Bonchev–Trinajstić information content (AvgIpc) is 2.28. The summed E-state index contributed by atoms with van der Waals surface area (Å²) >= 11 is 0. The monoisotopic (exact) mass is 234 g/mol. The summed E-state index contributed by atoms with van der Waals surface area (Å²) in [5.41, 5.74) is 2.32. The molecular formula is C14H22N2O. The second-order valence-electron chi connectivity index (χ2n) is 4.76. The minimum atomic E-state index is 0.130. The molecule has 0 aromatic heterocycles. The fourth-order valence-corrected chi connectivity index (χ4v) is 2.19. The molecule has 0 radical (unpaired) electrons. The number of hydrogen-bond donors (Lipinski definition) is 2. The van der Waals surface area contributed by atoms with Crippen LogP contribution in [0.4, 0.5) is 0 Å². The molecule has 3 nitrogen and oxygen atoms in total. The number of aliphatic hydroxyl groups is 1. The minimum Gasteiger partial charge on any atom is -0.392 e. The molecule has 17 heavy (non-hydrogen) atoms. The van der Waals surface area contributed by atoms with Crippen molar-refractivity contribution in [3.63, 3.8) is 0 Å². The molecule has 2 N–H and O–H groups in total. The highest BCUT2D eigenvalue weighted by Gasteiger charge is 2.23. The molecule has 0 bridgehead atoms. The number of nitrogens with one attached hydrogen (secondary N) is 1. The van der Waals surface area contributed by atoms with E-state index in [-0.39, 0.29) is 6.61 Å². The largest absolute Gasteiger partial charge is 0.392 e. The number of nitrogens with zero attached hydrogens (tertiary/aromatic N) is 1. The van der Waals surface area contributed by atoms with Crippen molar-refractivity contribution in [3.8, 4) is 0 Å². The molecule has 0 amide bonds. The van der Waals surface area contributed by atoms with Crippen LogP contribution < -0.4 is 5.32 Å². The molecule has 1 aromatic rings. The van der Waals surface area contributed by atoms with Crippen LogP contribution in [0.15, 0.2) is 24.3 Å². The molecule has 3 heteroatoms. The first-order chi connectivity index (χ1) is 8.33. The normalized spacial score (nSPS) is 16.2. The standard InChI is InChI=1S/C14H22N2O/c1-2-7-16(14-8-15-9-14)10-12-3-5-13(11-17)6-4-12/h3-6,14-15,17H,2,7-11H2,1H3. The van der Waals surface area contributed by atoms with Crippen molar-refractivity contribution in [1.82, 2.24) is 10.2 Å². The van der Waals surface area contributed by atoms with E-state index in [1.165, 1.54) is 12.0 Å². The van der Waals surface area contributed by atoms with Gasteiger partial charge < -0.3 is 10.4 Å². The van der Waals surface area contributed by atoms with Crippen LogP contribution in [0, 0.1) is 0 Å². The lowest BCUT2D eigenvalue weighted by atomic mass is 10.1. The van der Waals surface area contributed by atoms with Gasteiger partial charge in [-0.2, -0.15) is 0 Å². The van der Waals surface area contributed by atoms with E-state index in [0.29, 0.717) is 6.04 Å². The van der Waals surface area contributed by atoms with Gasteiger partial charge in [0.1, 0.15) is 0 Å². The minimum absolute atomic E-state index is 0.130. The molecule has 1 saturated heterocycles. The molecule has 1 aliphatic rings. The van der Waals surface area contributed by atoms with Gasteiger partial charge in [0.15, 0.2) is 0 Å². The van der Waals surface area contributed by atoms with Crippen LogP contribution in [0.25, 0.3) is 0 Å². The number of aliphatic hydroxyl groups excluding tert-OH is 1. The Morgan fingerprint density at radius 1 is 1.24 bits per heavy atom. The summed E-state index contributed by atoms with van der Waals surface area (Å²) in [4.78, 5) is 2.55. The number of rotatable bonds is 6. The maximum atomic E-state index is 9.01. The highest BCUT2D eigenvalue weighted by molar-refractivity contribution is 5.22. The van der Waals surface area contributed by atoms with Crippen LogP contribution in [0.1, 0.15) is 24.5 Å². The van der Waals surface area contributed by atoms with Crippen molar-refractivity contribution in [3.05, 3.63) is 35.4 Å². The summed E-state index contributed by atoms with van der Waals surface area (Å²) in [5.74, 6) is 0. The van der Waals surface area contributed by atoms with Gasteiger partial charge in [0.25, 0.3) is 0 Å². The van der Waals surface area contributed by atoms with Crippen molar-refractivity contribution >= 4 is 0 Å². The lowest BCUT2D eigenvalue weighted by Crippen LogP contribution is -2.56. The lowest BCUT2D eigenvalue weighted by molar-refractivity contribution is 0.138. The third-order valence-electron chi connectivity index (χ3n) is 3.38. The van der Waals surface area contributed by atoms with Gasteiger partial charge in [0.2, 0.25) is 0 Å². The Bertz CT molecular complexity index is 333. The van der Waals surface area contributed by atoms with Crippen LogP contribution in [-0.4, -0.2) is 35.7 Å². The Kier molecular flexibility index (Phi) is 4.54. The van der Waals surface area contributed by atoms with Crippen molar-refractivity contribution in [2.75, 3.05) is 19.6 Å². The van der Waals surface area contributed by atoms with E-state index in [2.05, 4.69) is 29.3 Å². The van der Waals surface area contributed by atoms with Gasteiger partial charge in [-0.05, 0) is 24.1 Å². The predicted molar refractivity (Wildman–Crippen MR) is 69.7 cm³/mol. The Morgan fingerprint density at radius 3 is 2.35 bits per heavy atom. The topological polar surface area (TPSA) is 35.5 Å². The van der Waals surface area contributed by atoms with E-state index >= 15 is 0 Å². The van der Waals surface area contributed by atoms with Gasteiger partial charge >= 0.3 is 0 Å². The summed E-state index contributed by atoms with van der Waals surface area (Å²) in [6.07, 6.45) is 1.20. The molecule has 2 rings (SSSR count). The Morgan fingerprint density at radius 2 is 1.88 bits per heavy atom. The van der Waals surface area contributed by atoms with E-state index in [1.807, 2.05) is 12.1 Å². The van der Waals surface area contributed by atoms with Crippen molar-refractivity contribution in [2.45, 2.75) is 32.5 Å². The average molecular weight is 234 g/mol. The molecule has 0 saturated carbocycles. The summed E-state index contributed by atoms with van der Waals surface area (Å²) in [5, 5.41) is 12.3. The third kappa shape index (κ3) is 3.28. The summed E-state index contributed by atoms with van der Waals surface area (Å²) in [6, 6.07) is 8.98. The smallest absolute Gasteiger partial charge is 0.0681 e. The van der Waals surface area contributed by atoms with Crippen molar-refractivity contribution < 1.29 is 5.11 Å². The second kappa shape index (κ2) is 6.15. The first kappa shape index (κ1) is 12.6. The SMILES string of the molecule is CCCN(Cc1ccc(CO)cc1)C1CNC1. The summed E-state index contributed by atoms with van der Waals surface area (Å²) < 4.78 is 0. The number of hydrogen-bond acceptors (Lipinski definition) is 3. The molecule has 0 unspecified atom stereocenters.